The molecule has 0 fully saturated rings. The Hall–Kier alpha value is -6.71. The van der Waals surface area contributed by atoms with Gasteiger partial charge in [0.1, 0.15) is 5.58 Å². The van der Waals surface area contributed by atoms with Crippen LogP contribution in [0.3, 0.4) is 0 Å². The molecule has 10 rings (SSSR count). The third-order valence-electron chi connectivity index (χ3n) is 9.84. The molecule has 234 valence electrons. The van der Waals surface area contributed by atoms with Crippen molar-refractivity contribution in [2.24, 2.45) is 0 Å². The molecule has 2 heterocycles. The van der Waals surface area contributed by atoms with Gasteiger partial charge in [0.2, 0.25) is 5.71 Å². The summed E-state index contributed by atoms with van der Waals surface area (Å²) in [7, 11) is 0. The van der Waals surface area contributed by atoms with Crippen LogP contribution in [-0.2, 0) is 0 Å². The molecule has 0 aliphatic heterocycles. The van der Waals surface area contributed by atoms with Crippen LogP contribution >= 0.6 is 0 Å². The van der Waals surface area contributed by atoms with Gasteiger partial charge in [0.05, 0.1) is 27.7 Å². The van der Waals surface area contributed by atoms with E-state index in [1.54, 1.807) is 0 Å². The van der Waals surface area contributed by atoms with Crippen molar-refractivity contribution in [3.8, 4) is 22.3 Å². The lowest BCUT2D eigenvalue weighted by Gasteiger charge is -2.29. The van der Waals surface area contributed by atoms with E-state index in [0.717, 1.165) is 49.9 Å². The Balaban J connectivity index is 1.22. The molecule has 0 aliphatic rings. The number of para-hydroxylation sites is 2. The molecule has 0 atom stereocenters. The van der Waals surface area contributed by atoms with Crippen LogP contribution in [0.5, 0.6) is 0 Å². The Morgan fingerprint density at radius 1 is 0.420 bits per heavy atom. The van der Waals surface area contributed by atoms with E-state index in [1.807, 2.05) is 18.2 Å². The van der Waals surface area contributed by atoms with Crippen molar-refractivity contribution in [2.45, 2.75) is 0 Å². The van der Waals surface area contributed by atoms with Crippen molar-refractivity contribution in [3.63, 3.8) is 0 Å². The number of benzene rings is 8. The summed E-state index contributed by atoms with van der Waals surface area (Å²) in [6.07, 6.45) is 0. The molecule has 0 saturated heterocycles. The Morgan fingerprint density at radius 3 is 1.98 bits per heavy atom. The van der Waals surface area contributed by atoms with Gasteiger partial charge in [-0.2, -0.15) is 0 Å². The zero-order valence-electron chi connectivity index (χ0n) is 27.1. The normalized spacial score (nSPS) is 11.6. The summed E-state index contributed by atoms with van der Waals surface area (Å²) in [6.45, 7) is 0. The van der Waals surface area contributed by atoms with E-state index in [1.165, 1.54) is 38.2 Å². The maximum Gasteiger partial charge on any atom is 0.227 e. The topological polar surface area (TPSA) is 29.3 Å². The molecule has 0 saturated carbocycles. The van der Waals surface area contributed by atoms with Gasteiger partial charge in [0.25, 0.3) is 0 Å². The Morgan fingerprint density at radius 2 is 1.08 bits per heavy atom. The first kappa shape index (κ1) is 28.3. The van der Waals surface area contributed by atoms with Crippen LogP contribution in [0.25, 0.3) is 76.8 Å². The lowest BCUT2D eigenvalue weighted by molar-refractivity contribution is 0.656. The molecule has 0 radical (unpaired) electrons. The van der Waals surface area contributed by atoms with E-state index in [0.29, 0.717) is 5.71 Å². The van der Waals surface area contributed by atoms with Gasteiger partial charge in [-0.25, -0.2) is 4.98 Å². The third-order valence-corrected chi connectivity index (χ3v) is 9.84. The average Bonchev–Trinajstić information content (AvgIpc) is 3.55. The Labute approximate surface area is 289 Å². The highest BCUT2D eigenvalue weighted by atomic mass is 16.3. The predicted octanol–water partition coefficient (Wildman–Crippen LogP) is 13.2. The van der Waals surface area contributed by atoms with E-state index >= 15 is 0 Å². The number of hydrogen-bond acceptors (Lipinski definition) is 3. The van der Waals surface area contributed by atoms with E-state index < -0.39 is 0 Å². The molecule has 10 aromatic rings. The van der Waals surface area contributed by atoms with Crippen LogP contribution in [-0.4, -0.2) is 4.98 Å². The molecule has 0 N–H and O–H groups in total. The molecule has 0 unspecified atom stereocenters. The van der Waals surface area contributed by atoms with Gasteiger partial charge >= 0.3 is 0 Å². The number of furan rings is 1. The number of aromatic nitrogens is 1. The van der Waals surface area contributed by atoms with Crippen LogP contribution in [0.1, 0.15) is 0 Å². The third kappa shape index (κ3) is 4.63. The summed E-state index contributed by atoms with van der Waals surface area (Å²) in [5.41, 5.74) is 10.2. The fourth-order valence-corrected chi connectivity index (χ4v) is 7.46. The molecule has 8 aromatic carbocycles. The number of nitrogens with zero attached hydrogens (tertiary/aromatic N) is 2. The maximum atomic E-state index is 6.47. The second-order valence-corrected chi connectivity index (χ2v) is 12.8. The lowest BCUT2D eigenvalue weighted by atomic mass is 9.95. The van der Waals surface area contributed by atoms with E-state index in [4.69, 9.17) is 9.40 Å². The van der Waals surface area contributed by atoms with Crippen LogP contribution in [0.15, 0.2) is 186 Å². The Bertz CT molecular complexity index is 2880. The smallest absolute Gasteiger partial charge is 0.227 e. The standard InChI is InChI=1S/C47H30N2O/c1-2-13-34-29-35(24-23-31(34)11-1)32-25-27-37(28-26-32)49(43-20-8-6-17-40(43)39-18-9-15-33-12-3-5-16-38(33)39)44-21-10-22-45-46(44)41-30-36-14-4-7-19-42(36)48-47(41)50-45/h1-30H. The number of rotatable bonds is 5. The molecule has 3 nitrogen and oxygen atoms in total. The fraction of sp³-hybridized carbons (Fsp3) is 0. The first-order chi connectivity index (χ1) is 24.8. The van der Waals surface area contributed by atoms with Gasteiger partial charge < -0.3 is 9.32 Å². The highest BCUT2D eigenvalue weighted by Gasteiger charge is 2.23. The van der Waals surface area contributed by atoms with Crippen molar-refractivity contribution < 1.29 is 4.42 Å². The minimum atomic E-state index is 0.639. The van der Waals surface area contributed by atoms with Crippen molar-refractivity contribution >= 4 is 71.6 Å². The molecule has 0 amide bonds. The van der Waals surface area contributed by atoms with Gasteiger partial charge in [-0.15, -0.1) is 0 Å². The number of hydrogen-bond donors (Lipinski definition) is 0. The fourth-order valence-electron chi connectivity index (χ4n) is 7.46. The summed E-state index contributed by atoms with van der Waals surface area (Å²) in [6, 6.07) is 64.8. The van der Waals surface area contributed by atoms with E-state index in [2.05, 4.69) is 169 Å². The first-order valence-corrected chi connectivity index (χ1v) is 17.0. The summed E-state index contributed by atoms with van der Waals surface area (Å²) in [5, 5.41) is 8.02. The van der Waals surface area contributed by atoms with E-state index in [-0.39, 0.29) is 0 Å². The number of fused-ring (bicyclic) bond motifs is 6. The number of pyridine rings is 1. The molecule has 50 heavy (non-hydrogen) atoms. The van der Waals surface area contributed by atoms with Crippen LogP contribution in [0.2, 0.25) is 0 Å². The van der Waals surface area contributed by atoms with Crippen molar-refractivity contribution in [1.29, 1.82) is 0 Å². The largest absolute Gasteiger partial charge is 0.438 e. The zero-order chi connectivity index (χ0) is 33.0. The predicted molar refractivity (Wildman–Crippen MR) is 210 cm³/mol. The highest BCUT2D eigenvalue weighted by Crippen LogP contribution is 2.47. The average molecular weight is 639 g/mol. The maximum absolute atomic E-state index is 6.47. The van der Waals surface area contributed by atoms with Crippen LogP contribution in [0.4, 0.5) is 17.1 Å². The van der Waals surface area contributed by atoms with Crippen LogP contribution < -0.4 is 4.90 Å². The van der Waals surface area contributed by atoms with Gasteiger partial charge in [-0.05, 0) is 86.8 Å². The van der Waals surface area contributed by atoms with Gasteiger partial charge in [-0.1, -0.05) is 133 Å². The first-order valence-electron chi connectivity index (χ1n) is 17.0. The molecule has 2 aromatic heterocycles. The van der Waals surface area contributed by atoms with Crippen LogP contribution in [0, 0.1) is 0 Å². The zero-order valence-corrected chi connectivity index (χ0v) is 27.1. The lowest BCUT2D eigenvalue weighted by Crippen LogP contribution is -2.11. The van der Waals surface area contributed by atoms with Gasteiger partial charge in [0.15, 0.2) is 0 Å². The monoisotopic (exact) mass is 638 g/mol. The molecule has 0 aliphatic carbocycles. The van der Waals surface area contributed by atoms with Gasteiger partial charge in [0, 0.05) is 16.6 Å². The molecular weight excluding hydrogens is 609 g/mol. The highest BCUT2D eigenvalue weighted by molar-refractivity contribution is 6.15. The number of anilines is 3. The molecule has 0 bridgehead atoms. The quantitative estimate of drug-likeness (QED) is 0.188. The van der Waals surface area contributed by atoms with E-state index in [9.17, 15) is 0 Å². The minimum absolute atomic E-state index is 0.639. The van der Waals surface area contributed by atoms with Crippen molar-refractivity contribution in [3.05, 3.63) is 182 Å². The minimum Gasteiger partial charge on any atom is -0.438 e. The van der Waals surface area contributed by atoms with Gasteiger partial charge in [-0.3, -0.25) is 0 Å². The van der Waals surface area contributed by atoms with Crippen molar-refractivity contribution in [1.82, 2.24) is 4.98 Å². The Kier molecular flexibility index (Phi) is 6.49. The second-order valence-electron chi connectivity index (χ2n) is 12.8. The molecular formula is C47H30N2O. The SMILES string of the molecule is c1ccc(N(c2ccc(-c3ccc4ccccc4c3)cc2)c2cccc3oc4nc5ccccc5cc4c23)c(-c2cccc3ccccc23)c1. The summed E-state index contributed by atoms with van der Waals surface area (Å²) < 4.78 is 6.47. The molecule has 3 heteroatoms. The summed E-state index contributed by atoms with van der Waals surface area (Å²) in [4.78, 5) is 7.32. The summed E-state index contributed by atoms with van der Waals surface area (Å²) >= 11 is 0. The summed E-state index contributed by atoms with van der Waals surface area (Å²) in [5.74, 6) is 0. The second kappa shape index (κ2) is 11.5. The molecule has 0 spiro atoms. The van der Waals surface area contributed by atoms with Crippen molar-refractivity contribution in [2.75, 3.05) is 4.90 Å².